The number of nitrogens with zero attached hydrogens (tertiary/aromatic N) is 2. The lowest BCUT2D eigenvalue weighted by Crippen LogP contribution is -2.48. The molecular weight excluding hydrogens is 615 g/mol. The number of hydrogen-bond donors (Lipinski definition) is 4. The van der Waals surface area contributed by atoms with Gasteiger partial charge in [-0.05, 0) is 67.0 Å². The molecule has 13 heteroatoms. The molecule has 47 heavy (non-hydrogen) atoms. The van der Waals surface area contributed by atoms with Crippen molar-refractivity contribution < 1.29 is 53.4 Å². The summed E-state index contributed by atoms with van der Waals surface area (Å²) in [7, 11) is 0. The maximum absolute atomic E-state index is 13.6. The number of benzene rings is 2. The van der Waals surface area contributed by atoms with Crippen LogP contribution in [0.4, 0.5) is 4.39 Å². The Kier molecular flexibility index (Phi) is 15.5. The summed E-state index contributed by atoms with van der Waals surface area (Å²) >= 11 is 0. The van der Waals surface area contributed by atoms with Crippen molar-refractivity contribution in [3.63, 3.8) is 0 Å². The molecular formula is C34H47FN2O10. The molecule has 0 bridgehead atoms. The molecule has 0 saturated carbocycles. The monoisotopic (exact) mass is 662 g/mol. The summed E-state index contributed by atoms with van der Waals surface area (Å²) in [6, 6.07) is 14.5. The van der Waals surface area contributed by atoms with E-state index in [1.54, 1.807) is 12.1 Å². The number of carbonyl (C=O) groups is 3. The van der Waals surface area contributed by atoms with Crippen LogP contribution in [-0.4, -0.2) is 112 Å². The van der Waals surface area contributed by atoms with E-state index in [4.69, 9.17) is 34.6 Å². The number of rotatable bonds is 14. The fraction of sp³-hybridized carbons (Fsp3) is 0.559. The number of hydrogen-bond acceptors (Lipinski definition) is 9. The van der Waals surface area contributed by atoms with Crippen LogP contribution in [0.25, 0.3) is 0 Å². The molecule has 0 aliphatic carbocycles. The molecule has 2 fully saturated rings. The smallest absolute Gasteiger partial charge is 0.335 e. The molecule has 1 amide bonds. The van der Waals surface area contributed by atoms with Crippen LogP contribution in [0.1, 0.15) is 50.7 Å². The van der Waals surface area contributed by atoms with Crippen molar-refractivity contribution in [1.82, 2.24) is 9.80 Å². The van der Waals surface area contributed by atoms with E-state index < -0.39 is 24.1 Å². The molecule has 4 rings (SSSR count). The number of carbonyl (C=O) groups excluding carboxylic acids is 1. The fourth-order valence-corrected chi connectivity index (χ4v) is 5.23. The topological polar surface area (TPSA) is 166 Å². The molecule has 0 radical (unpaired) electrons. The Balaban J connectivity index is 0.000000520. The first kappa shape index (κ1) is 37.8. The van der Waals surface area contributed by atoms with Crippen molar-refractivity contribution >= 4 is 17.8 Å². The number of aliphatic carboxylic acids is 2. The highest BCUT2D eigenvalue weighted by molar-refractivity contribution is 5.83. The number of carboxylic acids is 2. The fourth-order valence-electron chi connectivity index (χ4n) is 5.23. The molecule has 0 aromatic heterocycles. The van der Waals surface area contributed by atoms with Crippen LogP contribution in [0, 0.1) is 11.7 Å². The average Bonchev–Trinajstić information content (AvgIpc) is 3.07. The number of ether oxygens (including phenoxy) is 3. The lowest BCUT2D eigenvalue weighted by molar-refractivity contribution is -0.165. The average molecular weight is 663 g/mol. The van der Waals surface area contributed by atoms with Gasteiger partial charge in [-0.15, -0.1) is 0 Å². The quantitative estimate of drug-likeness (QED) is 0.235. The summed E-state index contributed by atoms with van der Waals surface area (Å²) in [4.78, 5) is 37.6. The lowest BCUT2D eigenvalue weighted by Gasteiger charge is -2.39. The van der Waals surface area contributed by atoms with E-state index in [1.165, 1.54) is 12.1 Å². The standard InChI is InChI=1S/C30H41FN2O4.C4H6O6/c1-23(2)21-36-28-9-5-24(6-10-28)19-30(34)33(20-25-3-7-26(31)8-4-25)27-11-15-32(16-12-27)17-13-29-14-18-35-22-37-29;5-1(3(7)8)2(6)4(9)10/h3-10,23,27,29H,11-22H2,1-2H3;1-2,5-6H,(H,7,8)(H,9,10). The SMILES string of the molecule is CC(C)COc1ccc(CC(=O)N(Cc2ccc(F)cc2)C2CCN(CCC3CCOCO3)CC2)cc1.O=C(O)C(O)C(O)C(=O)O. The number of likely N-dealkylation sites (tertiary alicyclic amines) is 1. The summed E-state index contributed by atoms with van der Waals surface area (Å²) in [6.45, 7) is 9.52. The van der Waals surface area contributed by atoms with E-state index in [-0.39, 0.29) is 23.9 Å². The first-order valence-electron chi connectivity index (χ1n) is 15.9. The van der Waals surface area contributed by atoms with Gasteiger partial charge in [0.15, 0.2) is 12.2 Å². The van der Waals surface area contributed by atoms with Gasteiger partial charge in [0.1, 0.15) is 18.4 Å². The van der Waals surface area contributed by atoms with E-state index >= 15 is 0 Å². The van der Waals surface area contributed by atoms with E-state index in [0.717, 1.165) is 68.8 Å². The molecule has 2 aliphatic heterocycles. The molecule has 2 aromatic carbocycles. The van der Waals surface area contributed by atoms with Gasteiger partial charge < -0.3 is 44.4 Å². The third kappa shape index (κ3) is 13.2. The maximum Gasteiger partial charge on any atom is 0.335 e. The summed E-state index contributed by atoms with van der Waals surface area (Å²) in [5, 5.41) is 32.5. The number of aliphatic hydroxyl groups is 2. The molecule has 260 valence electrons. The van der Waals surface area contributed by atoms with Crippen molar-refractivity contribution in [2.24, 2.45) is 5.92 Å². The summed E-state index contributed by atoms with van der Waals surface area (Å²) in [6.07, 6.45) is -0.0649. The summed E-state index contributed by atoms with van der Waals surface area (Å²) < 4.78 is 30.2. The van der Waals surface area contributed by atoms with Crippen LogP contribution in [-0.2, 0) is 36.8 Å². The highest BCUT2D eigenvalue weighted by atomic mass is 19.1. The van der Waals surface area contributed by atoms with Crippen LogP contribution < -0.4 is 4.74 Å². The molecule has 2 aromatic rings. The van der Waals surface area contributed by atoms with E-state index in [9.17, 15) is 18.8 Å². The van der Waals surface area contributed by atoms with Crippen molar-refractivity contribution in [3.8, 4) is 5.75 Å². The Labute approximate surface area is 274 Å². The predicted octanol–water partition coefficient (Wildman–Crippen LogP) is 2.93. The van der Waals surface area contributed by atoms with Gasteiger partial charge in [0.25, 0.3) is 0 Å². The second-order valence-corrected chi connectivity index (χ2v) is 12.2. The molecule has 3 atom stereocenters. The largest absolute Gasteiger partial charge is 0.493 e. The minimum absolute atomic E-state index is 0.106. The van der Waals surface area contributed by atoms with Gasteiger partial charge in [-0.25, -0.2) is 14.0 Å². The first-order chi connectivity index (χ1) is 22.4. The van der Waals surface area contributed by atoms with Crippen LogP contribution in [0.5, 0.6) is 5.75 Å². The van der Waals surface area contributed by atoms with Crippen LogP contribution in [0.2, 0.25) is 0 Å². The second kappa shape index (κ2) is 19.3. The highest BCUT2D eigenvalue weighted by Gasteiger charge is 2.30. The number of piperidine rings is 1. The Bertz CT molecular complexity index is 1230. The molecule has 2 saturated heterocycles. The Morgan fingerprint density at radius 3 is 2.06 bits per heavy atom. The van der Waals surface area contributed by atoms with E-state index in [2.05, 4.69) is 18.7 Å². The minimum atomic E-state index is -2.27. The Morgan fingerprint density at radius 1 is 0.936 bits per heavy atom. The Hall–Kier alpha value is -3.62. The number of aliphatic hydroxyl groups excluding tert-OH is 2. The van der Waals surface area contributed by atoms with Gasteiger partial charge in [-0.2, -0.15) is 0 Å². The van der Waals surface area contributed by atoms with E-state index in [1.807, 2.05) is 29.2 Å². The third-order valence-electron chi connectivity index (χ3n) is 7.99. The Morgan fingerprint density at radius 2 is 1.53 bits per heavy atom. The second-order valence-electron chi connectivity index (χ2n) is 12.2. The molecule has 12 nitrogen and oxygen atoms in total. The molecule has 4 N–H and O–H groups in total. The van der Waals surface area contributed by atoms with Crippen LogP contribution >= 0.6 is 0 Å². The molecule has 2 heterocycles. The van der Waals surface area contributed by atoms with Crippen molar-refractivity contribution in [3.05, 3.63) is 65.5 Å². The zero-order valence-electron chi connectivity index (χ0n) is 27.0. The zero-order valence-corrected chi connectivity index (χ0v) is 27.0. The maximum atomic E-state index is 13.6. The van der Waals surface area contributed by atoms with Gasteiger partial charge in [-0.3, -0.25) is 4.79 Å². The van der Waals surface area contributed by atoms with Gasteiger partial charge in [0.05, 0.1) is 25.7 Å². The first-order valence-corrected chi connectivity index (χ1v) is 15.9. The van der Waals surface area contributed by atoms with Crippen molar-refractivity contribution in [2.75, 3.05) is 39.6 Å². The zero-order chi connectivity index (χ0) is 34.3. The lowest BCUT2D eigenvalue weighted by atomic mass is 10.00. The van der Waals surface area contributed by atoms with Crippen LogP contribution in [0.15, 0.2) is 48.5 Å². The van der Waals surface area contributed by atoms with Gasteiger partial charge in [-0.1, -0.05) is 38.1 Å². The van der Waals surface area contributed by atoms with Gasteiger partial charge >= 0.3 is 11.9 Å². The summed E-state index contributed by atoms with van der Waals surface area (Å²) in [5.74, 6) is -2.41. The highest BCUT2D eigenvalue weighted by Crippen LogP contribution is 2.23. The summed E-state index contributed by atoms with van der Waals surface area (Å²) in [5.41, 5.74) is 1.92. The van der Waals surface area contributed by atoms with Crippen molar-refractivity contribution in [1.29, 1.82) is 0 Å². The van der Waals surface area contributed by atoms with E-state index in [0.29, 0.717) is 32.3 Å². The number of amides is 1. The minimum Gasteiger partial charge on any atom is -0.493 e. The van der Waals surface area contributed by atoms with Gasteiger partial charge in [0, 0.05) is 32.2 Å². The number of carboxylic acid groups (broad SMARTS) is 2. The molecule has 2 aliphatic rings. The molecule has 0 spiro atoms. The van der Waals surface area contributed by atoms with Crippen LogP contribution in [0.3, 0.4) is 0 Å². The predicted molar refractivity (Wildman–Crippen MR) is 169 cm³/mol. The van der Waals surface area contributed by atoms with Gasteiger partial charge in [0.2, 0.25) is 5.91 Å². The third-order valence-corrected chi connectivity index (χ3v) is 7.99. The molecule has 3 unspecified atom stereocenters. The number of halogens is 1. The normalized spacial score (nSPS) is 18.5. The van der Waals surface area contributed by atoms with Crippen molar-refractivity contribution in [2.45, 2.75) is 76.9 Å².